The molecule has 3 heterocycles. The average molecular weight is 351 g/mol. The summed E-state index contributed by atoms with van der Waals surface area (Å²) in [6, 6.07) is 0. The fraction of sp³-hybridized carbons (Fsp3) is 0.824. The van der Waals surface area contributed by atoms with Crippen LogP contribution in [0.4, 0.5) is 0 Å². The Morgan fingerprint density at radius 3 is 2.84 bits per heavy atom. The molecule has 140 valence electrons. The lowest BCUT2D eigenvalue weighted by Crippen LogP contribution is -2.44. The van der Waals surface area contributed by atoms with Crippen molar-refractivity contribution in [1.29, 1.82) is 0 Å². The first-order valence-electron chi connectivity index (χ1n) is 9.03. The van der Waals surface area contributed by atoms with Gasteiger partial charge in [-0.05, 0) is 26.9 Å². The number of ether oxygens (including phenoxy) is 2. The SMILES string of the molecule is CN(C)CCOC[C@@H]1CN(C(=O)C2CCOCC2)Cc2nnn(C)c21. The topological polar surface area (TPSA) is 72.7 Å². The third-order valence-electron chi connectivity index (χ3n) is 5.00. The molecule has 2 aliphatic heterocycles. The molecule has 3 rings (SSSR count). The maximum atomic E-state index is 12.9. The van der Waals surface area contributed by atoms with Crippen molar-refractivity contribution in [3.05, 3.63) is 11.4 Å². The Balaban J connectivity index is 1.66. The first-order chi connectivity index (χ1) is 12.1. The number of aryl methyl sites for hydroxylation is 1. The first-order valence-corrected chi connectivity index (χ1v) is 9.03. The van der Waals surface area contributed by atoms with Crippen LogP contribution in [0.5, 0.6) is 0 Å². The summed E-state index contributed by atoms with van der Waals surface area (Å²) in [5.41, 5.74) is 2.00. The summed E-state index contributed by atoms with van der Waals surface area (Å²) in [5.74, 6) is 0.412. The quantitative estimate of drug-likeness (QED) is 0.684. The van der Waals surface area contributed by atoms with Gasteiger partial charge in [0.05, 0.1) is 25.5 Å². The zero-order chi connectivity index (χ0) is 17.8. The number of carbonyl (C=O) groups is 1. The van der Waals surface area contributed by atoms with E-state index >= 15 is 0 Å². The highest BCUT2D eigenvalue weighted by molar-refractivity contribution is 5.79. The van der Waals surface area contributed by atoms with Gasteiger partial charge in [0.25, 0.3) is 0 Å². The van der Waals surface area contributed by atoms with Gasteiger partial charge in [0.1, 0.15) is 5.69 Å². The van der Waals surface area contributed by atoms with Crippen LogP contribution in [-0.2, 0) is 27.9 Å². The Labute approximate surface area is 149 Å². The highest BCUT2D eigenvalue weighted by atomic mass is 16.5. The lowest BCUT2D eigenvalue weighted by molar-refractivity contribution is -0.140. The number of hydrogen-bond donors (Lipinski definition) is 0. The summed E-state index contributed by atoms with van der Waals surface area (Å²) in [6.07, 6.45) is 1.62. The van der Waals surface area contributed by atoms with Crippen molar-refractivity contribution in [3.63, 3.8) is 0 Å². The molecule has 0 unspecified atom stereocenters. The van der Waals surface area contributed by atoms with Crippen molar-refractivity contribution >= 4 is 5.91 Å². The van der Waals surface area contributed by atoms with Gasteiger partial charge in [-0.25, -0.2) is 0 Å². The molecule has 1 fully saturated rings. The number of likely N-dealkylation sites (N-methyl/N-ethyl adjacent to an activating group) is 1. The molecule has 0 aliphatic carbocycles. The Hall–Kier alpha value is -1.51. The molecular formula is C17H29N5O3. The normalized spacial score (nSPS) is 21.6. The van der Waals surface area contributed by atoms with Gasteiger partial charge in [-0.15, -0.1) is 5.10 Å². The molecule has 0 bridgehead atoms. The van der Waals surface area contributed by atoms with E-state index in [2.05, 4.69) is 15.2 Å². The van der Waals surface area contributed by atoms with Gasteiger partial charge in [-0.3, -0.25) is 9.48 Å². The largest absolute Gasteiger partial charge is 0.381 e. The number of amides is 1. The Bertz CT molecular complexity index is 583. The van der Waals surface area contributed by atoms with Crippen LogP contribution in [0.2, 0.25) is 0 Å². The molecule has 0 N–H and O–H groups in total. The van der Waals surface area contributed by atoms with Gasteiger partial charge in [0, 0.05) is 45.2 Å². The van der Waals surface area contributed by atoms with E-state index in [1.165, 1.54) is 0 Å². The predicted molar refractivity (Wildman–Crippen MR) is 92.1 cm³/mol. The van der Waals surface area contributed by atoms with Crippen molar-refractivity contribution in [1.82, 2.24) is 24.8 Å². The number of hydrogen-bond acceptors (Lipinski definition) is 6. The number of rotatable bonds is 6. The minimum Gasteiger partial charge on any atom is -0.381 e. The number of nitrogens with zero attached hydrogens (tertiary/aromatic N) is 5. The van der Waals surface area contributed by atoms with Gasteiger partial charge < -0.3 is 19.3 Å². The van der Waals surface area contributed by atoms with Crippen LogP contribution in [0.25, 0.3) is 0 Å². The standard InChI is InChI=1S/C17H29N5O3/c1-20(2)6-9-25-12-14-10-22(11-15-16(14)21(3)19-18-15)17(23)13-4-7-24-8-5-13/h13-14H,4-12H2,1-3H3/t14-/m0/s1. The van der Waals surface area contributed by atoms with E-state index in [-0.39, 0.29) is 17.7 Å². The maximum Gasteiger partial charge on any atom is 0.226 e. The summed E-state index contributed by atoms with van der Waals surface area (Å²) < 4.78 is 13.1. The Morgan fingerprint density at radius 2 is 2.12 bits per heavy atom. The molecule has 1 atom stereocenters. The minimum atomic E-state index is 0.0716. The zero-order valence-electron chi connectivity index (χ0n) is 15.5. The fourth-order valence-electron chi connectivity index (χ4n) is 3.59. The molecule has 1 aromatic rings. The average Bonchev–Trinajstić information content (AvgIpc) is 2.99. The summed E-state index contributed by atoms with van der Waals surface area (Å²) in [7, 11) is 5.97. The van der Waals surface area contributed by atoms with Crippen LogP contribution in [0.3, 0.4) is 0 Å². The van der Waals surface area contributed by atoms with Gasteiger partial charge in [-0.1, -0.05) is 5.21 Å². The van der Waals surface area contributed by atoms with Gasteiger partial charge in [0.15, 0.2) is 0 Å². The molecule has 0 spiro atoms. The van der Waals surface area contributed by atoms with E-state index in [0.29, 0.717) is 39.5 Å². The molecule has 25 heavy (non-hydrogen) atoms. The summed E-state index contributed by atoms with van der Waals surface area (Å²) in [5, 5.41) is 8.43. The van der Waals surface area contributed by atoms with Crippen LogP contribution in [0.15, 0.2) is 0 Å². The van der Waals surface area contributed by atoms with Gasteiger partial charge >= 0.3 is 0 Å². The predicted octanol–water partition coefficient (Wildman–Crippen LogP) is 0.246. The number of fused-ring (bicyclic) bond motifs is 1. The first kappa shape index (κ1) is 18.3. The second-order valence-corrected chi connectivity index (χ2v) is 7.23. The number of aromatic nitrogens is 3. The maximum absolute atomic E-state index is 12.9. The lowest BCUT2D eigenvalue weighted by atomic mass is 9.94. The number of carbonyl (C=O) groups excluding carboxylic acids is 1. The van der Waals surface area contributed by atoms with E-state index in [0.717, 1.165) is 30.8 Å². The van der Waals surface area contributed by atoms with Crippen LogP contribution < -0.4 is 0 Å². The third-order valence-corrected chi connectivity index (χ3v) is 5.00. The molecule has 2 aliphatic rings. The molecule has 1 aromatic heterocycles. The lowest BCUT2D eigenvalue weighted by Gasteiger charge is -2.35. The summed E-state index contributed by atoms with van der Waals surface area (Å²) in [6.45, 7) is 4.72. The van der Waals surface area contributed by atoms with E-state index in [1.54, 1.807) is 0 Å². The van der Waals surface area contributed by atoms with Gasteiger partial charge in [0.2, 0.25) is 5.91 Å². The van der Waals surface area contributed by atoms with Crippen molar-refractivity contribution in [2.75, 3.05) is 53.6 Å². The summed E-state index contributed by atoms with van der Waals surface area (Å²) in [4.78, 5) is 16.9. The molecule has 1 amide bonds. The molecule has 1 saturated heterocycles. The fourth-order valence-corrected chi connectivity index (χ4v) is 3.59. The van der Waals surface area contributed by atoms with Crippen molar-refractivity contribution in [2.24, 2.45) is 13.0 Å². The van der Waals surface area contributed by atoms with Gasteiger partial charge in [-0.2, -0.15) is 0 Å². The third kappa shape index (κ3) is 4.37. The highest BCUT2D eigenvalue weighted by Crippen LogP contribution is 2.29. The van der Waals surface area contributed by atoms with Crippen LogP contribution in [0, 0.1) is 5.92 Å². The highest BCUT2D eigenvalue weighted by Gasteiger charge is 2.35. The van der Waals surface area contributed by atoms with Crippen molar-refractivity contribution in [2.45, 2.75) is 25.3 Å². The van der Waals surface area contributed by atoms with Crippen LogP contribution in [-0.4, -0.2) is 84.3 Å². The van der Waals surface area contributed by atoms with Crippen molar-refractivity contribution < 1.29 is 14.3 Å². The molecule has 8 nitrogen and oxygen atoms in total. The molecule has 0 saturated carbocycles. The van der Waals surface area contributed by atoms with E-state index in [4.69, 9.17) is 9.47 Å². The minimum absolute atomic E-state index is 0.0716. The van der Waals surface area contributed by atoms with Crippen LogP contribution >= 0.6 is 0 Å². The Kier molecular flexibility index (Phi) is 6.03. The molecule has 0 aromatic carbocycles. The van der Waals surface area contributed by atoms with E-state index in [1.807, 2.05) is 30.7 Å². The van der Waals surface area contributed by atoms with E-state index < -0.39 is 0 Å². The van der Waals surface area contributed by atoms with E-state index in [9.17, 15) is 4.79 Å². The molecule has 0 radical (unpaired) electrons. The Morgan fingerprint density at radius 1 is 1.36 bits per heavy atom. The smallest absolute Gasteiger partial charge is 0.226 e. The van der Waals surface area contributed by atoms with Crippen molar-refractivity contribution in [3.8, 4) is 0 Å². The second-order valence-electron chi connectivity index (χ2n) is 7.23. The zero-order valence-corrected chi connectivity index (χ0v) is 15.5. The molecular weight excluding hydrogens is 322 g/mol. The summed E-state index contributed by atoms with van der Waals surface area (Å²) >= 11 is 0. The second kappa shape index (κ2) is 8.25. The molecule has 8 heteroatoms. The van der Waals surface area contributed by atoms with Crippen LogP contribution in [0.1, 0.15) is 30.1 Å². The monoisotopic (exact) mass is 351 g/mol.